The van der Waals surface area contributed by atoms with E-state index in [9.17, 15) is 9.59 Å². The van der Waals surface area contributed by atoms with Crippen molar-refractivity contribution in [2.24, 2.45) is 0 Å². The Bertz CT molecular complexity index is 1280. The second kappa shape index (κ2) is 8.90. The number of para-hydroxylation sites is 2. The zero-order valence-electron chi connectivity index (χ0n) is 18.5. The van der Waals surface area contributed by atoms with E-state index in [1.54, 1.807) is 0 Å². The van der Waals surface area contributed by atoms with E-state index in [4.69, 9.17) is 4.98 Å². The number of carbonyl (C=O) groups is 2. The van der Waals surface area contributed by atoms with Crippen molar-refractivity contribution >= 4 is 22.8 Å². The van der Waals surface area contributed by atoms with Gasteiger partial charge in [0.25, 0.3) is 0 Å². The number of hydrogen-bond acceptors (Lipinski definition) is 3. The van der Waals surface area contributed by atoms with Crippen LogP contribution in [0.2, 0.25) is 0 Å². The number of imidazole rings is 1. The van der Waals surface area contributed by atoms with E-state index in [0.717, 1.165) is 28.0 Å². The van der Waals surface area contributed by atoms with Gasteiger partial charge in [0, 0.05) is 13.1 Å². The van der Waals surface area contributed by atoms with Crippen molar-refractivity contribution in [3.05, 3.63) is 102 Å². The summed E-state index contributed by atoms with van der Waals surface area (Å²) < 4.78 is 1.96. The summed E-state index contributed by atoms with van der Waals surface area (Å²) in [6, 6.07) is 26.7. The van der Waals surface area contributed by atoms with Gasteiger partial charge >= 0.3 is 0 Å². The van der Waals surface area contributed by atoms with Gasteiger partial charge in [-0.3, -0.25) is 9.59 Å². The summed E-state index contributed by atoms with van der Waals surface area (Å²) in [5, 5.41) is 2.97. The standard InChI is InChI=1S/C27H26N4O2/c1-19-26-29-22-14-8-9-15-23(22)31(26)24(16-25(32)28-17-20-10-4-2-5-11-20)27(33)30(19)18-21-12-6-3-7-13-21/h2-15,19,24H,16-18H2,1H3,(H,28,32)/t19-,24-/m1/s1. The minimum atomic E-state index is -0.636. The van der Waals surface area contributed by atoms with E-state index in [1.807, 2.05) is 101 Å². The molecule has 0 aliphatic carbocycles. The van der Waals surface area contributed by atoms with Crippen LogP contribution >= 0.6 is 0 Å². The van der Waals surface area contributed by atoms with Crippen molar-refractivity contribution in [2.75, 3.05) is 0 Å². The van der Waals surface area contributed by atoms with Crippen LogP contribution in [0.1, 0.15) is 42.4 Å². The number of aromatic nitrogens is 2. The molecule has 2 atom stereocenters. The minimum Gasteiger partial charge on any atom is -0.352 e. The van der Waals surface area contributed by atoms with Crippen molar-refractivity contribution in [3.8, 4) is 0 Å². The molecule has 6 nitrogen and oxygen atoms in total. The topological polar surface area (TPSA) is 67.2 Å². The Labute approximate surface area is 192 Å². The third-order valence-corrected chi connectivity index (χ3v) is 6.25. The molecule has 0 saturated heterocycles. The van der Waals surface area contributed by atoms with Crippen molar-refractivity contribution in [2.45, 2.75) is 38.5 Å². The van der Waals surface area contributed by atoms with Gasteiger partial charge < -0.3 is 14.8 Å². The lowest BCUT2D eigenvalue weighted by molar-refractivity contribution is -0.142. The highest BCUT2D eigenvalue weighted by Crippen LogP contribution is 2.37. The Hall–Kier alpha value is -3.93. The van der Waals surface area contributed by atoms with Gasteiger partial charge in [-0.25, -0.2) is 4.98 Å². The largest absolute Gasteiger partial charge is 0.352 e. The van der Waals surface area contributed by atoms with Gasteiger partial charge in [0.2, 0.25) is 11.8 Å². The number of benzene rings is 3. The molecule has 1 aliphatic heterocycles. The molecule has 1 N–H and O–H groups in total. The van der Waals surface area contributed by atoms with E-state index in [0.29, 0.717) is 13.1 Å². The molecular weight excluding hydrogens is 412 g/mol. The normalized spacial score (nSPS) is 17.7. The molecule has 1 aliphatic rings. The first-order valence-corrected chi connectivity index (χ1v) is 11.2. The number of nitrogens with zero attached hydrogens (tertiary/aromatic N) is 3. The molecule has 2 amide bonds. The summed E-state index contributed by atoms with van der Waals surface area (Å²) in [4.78, 5) is 33.4. The van der Waals surface area contributed by atoms with Crippen molar-refractivity contribution in [1.29, 1.82) is 0 Å². The lowest BCUT2D eigenvalue weighted by Crippen LogP contribution is -2.46. The van der Waals surface area contributed by atoms with Crippen LogP contribution in [-0.4, -0.2) is 26.3 Å². The number of rotatable bonds is 6. The fourth-order valence-electron chi connectivity index (χ4n) is 4.54. The lowest BCUT2D eigenvalue weighted by atomic mass is 10.0. The summed E-state index contributed by atoms with van der Waals surface area (Å²) in [6.07, 6.45) is 0.0665. The fraction of sp³-hybridized carbons (Fsp3) is 0.222. The molecule has 2 heterocycles. The molecular formula is C27H26N4O2. The average molecular weight is 439 g/mol. The maximum absolute atomic E-state index is 13.8. The third kappa shape index (κ3) is 4.12. The first-order valence-electron chi connectivity index (χ1n) is 11.2. The Morgan fingerprint density at radius 3 is 2.27 bits per heavy atom. The van der Waals surface area contributed by atoms with Crippen LogP contribution in [0.5, 0.6) is 0 Å². The van der Waals surface area contributed by atoms with Gasteiger partial charge in [0.05, 0.1) is 23.5 Å². The van der Waals surface area contributed by atoms with Gasteiger partial charge in [-0.1, -0.05) is 72.8 Å². The first-order chi connectivity index (χ1) is 16.1. The average Bonchev–Trinajstić information content (AvgIpc) is 3.24. The van der Waals surface area contributed by atoms with Crippen molar-refractivity contribution in [3.63, 3.8) is 0 Å². The van der Waals surface area contributed by atoms with E-state index in [1.165, 1.54) is 0 Å². The molecule has 0 fully saturated rings. The van der Waals surface area contributed by atoms with Gasteiger partial charge in [-0.2, -0.15) is 0 Å². The number of amides is 2. The molecule has 0 saturated carbocycles. The van der Waals surface area contributed by atoms with Crippen LogP contribution in [0.4, 0.5) is 0 Å². The summed E-state index contributed by atoms with van der Waals surface area (Å²) in [6.45, 7) is 2.92. The van der Waals surface area contributed by atoms with Crippen molar-refractivity contribution < 1.29 is 9.59 Å². The number of hydrogen-bond donors (Lipinski definition) is 1. The predicted octanol–water partition coefficient (Wildman–Crippen LogP) is 4.39. The van der Waals surface area contributed by atoms with Crippen LogP contribution in [0.3, 0.4) is 0 Å². The fourth-order valence-corrected chi connectivity index (χ4v) is 4.54. The Kier molecular flexibility index (Phi) is 5.65. The monoisotopic (exact) mass is 438 g/mol. The molecule has 3 aromatic carbocycles. The molecule has 4 aromatic rings. The first kappa shape index (κ1) is 20.9. The van der Waals surface area contributed by atoms with Crippen LogP contribution < -0.4 is 5.32 Å². The van der Waals surface area contributed by atoms with Gasteiger partial charge in [-0.15, -0.1) is 0 Å². The highest BCUT2D eigenvalue weighted by Gasteiger charge is 2.40. The Morgan fingerprint density at radius 1 is 0.909 bits per heavy atom. The van der Waals surface area contributed by atoms with E-state index in [2.05, 4.69) is 5.32 Å². The van der Waals surface area contributed by atoms with E-state index >= 15 is 0 Å². The summed E-state index contributed by atoms with van der Waals surface area (Å²) in [5.41, 5.74) is 3.79. The summed E-state index contributed by atoms with van der Waals surface area (Å²) in [5.74, 6) is 0.597. The van der Waals surface area contributed by atoms with Crippen LogP contribution in [0, 0.1) is 0 Å². The number of nitrogens with one attached hydrogen (secondary N) is 1. The van der Waals surface area contributed by atoms with Crippen molar-refractivity contribution in [1.82, 2.24) is 19.8 Å². The van der Waals surface area contributed by atoms with Gasteiger partial charge in [0.1, 0.15) is 11.9 Å². The maximum Gasteiger partial charge on any atom is 0.247 e. The SMILES string of the molecule is C[C@@H]1c2nc3ccccc3n2[C@H](CC(=O)NCc2ccccc2)C(=O)N1Cc1ccccc1. The van der Waals surface area contributed by atoms with E-state index < -0.39 is 6.04 Å². The molecule has 5 rings (SSSR count). The van der Waals surface area contributed by atoms with Gasteiger partial charge in [0.15, 0.2) is 0 Å². The Balaban J connectivity index is 1.46. The summed E-state index contributed by atoms with van der Waals surface area (Å²) >= 11 is 0. The van der Waals surface area contributed by atoms with Crippen LogP contribution in [-0.2, 0) is 22.7 Å². The molecule has 33 heavy (non-hydrogen) atoms. The third-order valence-electron chi connectivity index (χ3n) is 6.25. The Morgan fingerprint density at radius 2 is 1.55 bits per heavy atom. The zero-order chi connectivity index (χ0) is 22.8. The second-order valence-corrected chi connectivity index (χ2v) is 8.44. The lowest BCUT2D eigenvalue weighted by Gasteiger charge is -2.38. The van der Waals surface area contributed by atoms with E-state index in [-0.39, 0.29) is 24.3 Å². The highest BCUT2D eigenvalue weighted by molar-refractivity contribution is 5.90. The van der Waals surface area contributed by atoms with Gasteiger partial charge in [-0.05, 0) is 30.2 Å². The quantitative estimate of drug-likeness (QED) is 0.486. The second-order valence-electron chi connectivity index (χ2n) is 8.44. The van der Waals surface area contributed by atoms with Crippen LogP contribution in [0.15, 0.2) is 84.9 Å². The molecule has 6 heteroatoms. The molecule has 0 unspecified atom stereocenters. The van der Waals surface area contributed by atoms with Crippen LogP contribution in [0.25, 0.3) is 11.0 Å². The minimum absolute atomic E-state index is 0.0585. The maximum atomic E-state index is 13.8. The predicted molar refractivity (Wildman–Crippen MR) is 127 cm³/mol. The molecule has 1 aromatic heterocycles. The zero-order valence-corrected chi connectivity index (χ0v) is 18.5. The molecule has 0 bridgehead atoms. The molecule has 0 spiro atoms. The highest BCUT2D eigenvalue weighted by atomic mass is 16.2. The number of carbonyl (C=O) groups excluding carboxylic acids is 2. The molecule has 0 radical (unpaired) electrons. The number of fused-ring (bicyclic) bond motifs is 3. The smallest absolute Gasteiger partial charge is 0.247 e. The summed E-state index contributed by atoms with van der Waals surface area (Å²) in [7, 11) is 0. The molecule has 166 valence electrons.